The van der Waals surface area contributed by atoms with Crippen LogP contribution in [0, 0.1) is 10.8 Å². The second-order valence-corrected chi connectivity index (χ2v) is 9.20. The molecule has 1 aliphatic carbocycles. The van der Waals surface area contributed by atoms with Gasteiger partial charge < -0.3 is 19.1 Å². The van der Waals surface area contributed by atoms with Gasteiger partial charge >= 0.3 is 0 Å². The Labute approximate surface area is 166 Å². The Bertz CT molecular complexity index is 749. The lowest BCUT2D eigenvalue weighted by atomic mass is 9.68. The second kappa shape index (κ2) is 7.13. The Kier molecular flexibility index (Phi) is 4.93. The highest BCUT2D eigenvalue weighted by molar-refractivity contribution is 5.84. The molecule has 1 spiro atoms. The minimum absolute atomic E-state index is 0.00411. The number of nitrogens with zero attached hydrogens (tertiary/aromatic N) is 5. The largest absolute Gasteiger partial charge is 0.375 e. The van der Waals surface area contributed by atoms with Crippen molar-refractivity contribution in [1.29, 1.82) is 0 Å². The fourth-order valence-electron chi connectivity index (χ4n) is 5.44. The Morgan fingerprint density at radius 3 is 2.46 bits per heavy atom. The monoisotopic (exact) mass is 389 g/mol. The number of methoxy groups -OCH3 is 1. The molecule has 8 heteroatoms. The molecule has 8 nitrogen and oxygen atoms in total. The summed E-state index contributed by atoms with van der Waals surface area (Å²) < 4.78 is 6.98. The van der Waals surface area contributed by atoms with Gasteiger partial charge in [-0.15, -0.1) is 10.2 Å². The van der Waals surface area contributed by atoms with Crippen LogP contribution in [0.25, 0.3) is 0 Å². The first-order valence-corrected chi connectivity index (χ1v) is 10.3. The highest BCUT2D eigenvalue weighted by atomic mass is 16.5. The zero-order valence-electron chi connectivity index (χ0n) is 17.2. The van der Waals surface area contributed by atoms with E-state index in [0.29, 0.717) is 26.2 Å². The average Bonchev–Trinajstić information content (AvgIpc) is 3.24. The van der Waals surface area contributed by atoms with Gasteiger partial charge in [-0.1, -0.05) is 26.2 Å². The predicted octanol–water partition coefficient (Wildman–Crippen LogP) is 1.19. The molecule has 3 fully saturated rings. The molecule has 28 heavy (non-hydrogen) atoms. The van der Waals surface area contributed by atoms with Gasteiger partial charge in [0.05, 0.1) is 0 Å². The minimum Gasteiger partial charge on any atom is -0.375 e. The first-order valence-electron chi connectivity index (χ1n) is 10.3. The number of likely N-dealkylation sites (tertiary alicyclic amines) is 2. The summed E-state index contributed by atoms with van der Waals surface area (Å²) in [6.45, 7) is 4.84. The number of carbonyl (C=O) groups is 2. The molecule has 1 atom stereocenters. The minimum atomic E-state index is -0.218. The summed E-state index contributed by atoms with van der Waals surface area (Å²) in [6.07, 6.45) is 7.19. The molecular weight excluding hydrogens is 358 g/mol. The topological polar surface area (TPSA) is 80.6 Å². The maximum atomic E-state index is 13.2. The van der Waals surface area contributed by atoms with Crippen LogP contribution >= 0.6 is 0 Å². The average molecular weight is 390 g/mol. The van der Waals surface area contributed by atoms with Crippen LogP contribution in [0.1, 0.15) is 50.8 Å². The predicted molar refractivity (Wildman–Crippen MR) is 102 cm³/mol. The molecule has 3 heterocycles. The van der Waals surface area contributed by atoms with Crippen molar-refractivity contribution in [3.8, 4) is 0 Å². The third kappa shape index (κ3) is 3.11. The molecule has 0 bridgehead atoms. The van der Waals surface area contributed by atoms with Gasteiger partial charge in [0.15, 0.2) is 0 Å². The van der Waals surface area contributed by atoms with E-state index in [1.54, 1.807) is 13.4 Å². The van der Waals surface area contributed by atoms with Gasteiger partial charge in [0.1, 0.15) is 18.8 Å². The summed E-state index contributed by atoms with van der Waals surface area (Å²) in [5.74, 6) is 1.26. The van der Waals surface area contributed by atoms with Crippen molar-refractivity contribution in [2.24, 2.45) is 17.9 Å². The molecule has 154 valence electrons. The Hall–Kier alpha value is -1.96. The SMILES string of the molecule is COCC(=O)N1CC(c2nncn2C)C2(C1)CN(C(=O)C1(C)CCCCC1)C2. The van der Waals surface area contributed by atoms with E-state index in [1.807, 2.05) is 21.4 Å². The maximum absolute atomic E-state index is 13.2. The molecule has 2 amide bonds. The molecule has 4 rings (SSSR count). The van der Waals surface area contributed by atoms with Crippen LogP contribution in [0.3, 0.4) is 0 Å². The number of rotatable bonds is 4. The van der Waals surface area contributed by atoms with Crippen LogP contribution in [-0.2, 0) is 21.4 Å². The van der Waals surface area contributed by atoms with Crippen molar-refractivity contribution in [3.05, 3.63) is 12.2 Å². The number of hydrogen-bond donors (Lipinski definition) is 0. The van der Waals surface area contributed by atoms with E-state index in [4.69, 9.17) is 4.74 Å². The fraction of sp³-hybridized carbons (Fsp3) is 0.800. The summed E-state index contributed by atoms with van der Waals surface area (Å²) in [7, 11) is 3.48. The van der Waals surface area contributed by atoms with Crippen molar-refractivity contribution in [3.63, 3.8) is 0 Å². The lowest BCUT2D eigenvalue weighted by Gasteiger charge is -2.53. The molecule has 2 aliphatic heterocycles. The standard InChI is InChI=1S/C20H31N5O3/c1-19(7-5-4-6-8-19)18(27)25-12-20(13-25)11-24(16(26)10-28-3)9-15(20)17-22-21-14-23(17)2/h14-15H,4-13H2,1-3H3. The number of aromatic nitrogens is 3. The Balaban J connectivity index is 1.52. The molecule has 1 saturated carbocycles. The number of carbonyl (C=O) groups excluding carboxylic acids is 2. The van der Waals surface area contributed by atoms with Crippen LogP contribution in [0.2, 0.25) is 0 Å². The summed E-state index contributed by atoms with van der Waals surface area (Å²) in [4.78, 5) is 29.6. The quantitative estimate of drug-likeness (QED) is 0.773. The summed E-state index contributed by atoms with van der Waals surface area (Å²) in [5.41, 5.74) is -0.352. The molecule has 0 N–H and O–H groups in total. The number of amides is 2. The van der Waals surface area contributed by atoms with E-state index in [0.717, 1.165) is 31.5 Å². The van der Waals surface area contributed by atoms with Crippen LogP contribution in [-0.4, -0.2) is 76.3 Å². The van der Waals surface area contributed by atoms with Crippen molar-refractivity contribution in [2.75, 3.05) is 39.9 Å². The molecule has 0 aromatic carbocycles. The number of hydrogen-bond acceptors (Lipinski definition) is 5. The maximum Gasteiger partial charge on any atom is 0.248 e. The zero-order valence-corrected chi connectivity index (χ0v) is 17.2. The summed E-state index contributed by atoms with van der Waals surface area (Å²) in [6, 6.07) is 0. The van der Waals surface area contributed by atoms with Crippen molar-refractivity contribution >= 4 is 11.8 Å². The van der Waals surface area contributed by atoms with Crippen LogP contribution < -0.4 is 0 Å². The van der Waals surface area contributed by atoms with E-state index in [2.05, 4.69) is 17.1 Å². The second-order valence-electron chi connectivity index (χ2n) is 9.20. The smallest absolute Gasteiger partial charge is 0.248 e. The van der Waals surface area contributed by atoms with E-state index >= 15 is 0 Å². The van der Waals surface area contributed by atoms with Gasteiger partial charge in [0.2, 0.25) is 11.8 Å². The lowest BCUT2D eigenvalue weighted by Crippen LogP contribution is -2.64. The van der Waals surface area contributed by atoms with Crippen LogP contribution in [0.15, 0.2) is 6.33 Å². The van der Waals surface area contributed by atoms with Crippen molar-refractivity contribution in [1.82, 2.24) is 24.6 Å². The molecule has 1 aromatic rings. The Morgan fingerprint density at radius 1 is 1.18 bits per heavy atom. The van der Waals surface area contributed by atoms with Gasteiger partial charge in [0.25, 0.3) is 0 Å². The van der Waals surface area contributed by atoms with Crippen molar-refractivity contribution in [2.45, 2.75) is 44.9 Å². The van der Waals surface area contributed by atoms with E-state index in [-0.39, 0.29) is 35.2 Å². The van der Waals surface area contributed by atoms with Crippen molar-refractivity contribution < 1.29 is 14.3 Å². The molecule has 3 aliphatic rings. The molecule has 2 saturated heterocycles. The summed E-state index contributed by atoms with van der Waals surface area (Å²) in [5, 5.41) is 8.37. The first-order chi connectivity index (χ1) is 13.4. The first kappa shape index (κ1) is 19.4. The fourth-order valence-corrected chi connectivity index (χ4v) is 5.44. The van der Waals surface area contributed by atoms with E-state index in [9.17, 15) is 9.59 Å². The third-order valence-corrected chi connectivity index (χ3v) is 7.10. The molecule has 1 unspecified atom stereocenters. The van der Waals surface area contributed by atoms with Gasteiger partial charge in [-0.3, -0.25) is 9.59 Å². The van der Waals surface area contributed by atoms with E-state index in [1.165, 1.54) is 6.42 Å². The molecule has 0 radical (unpaired) electrons. The molecular formula is C20H31N5O3. The van der Waals surface area contributed by atoms with Gasteiger partial charge in [-0.2, -0.15) is 0 Å². The third-order valence-electron chi connectivity index (χ3n) is 7.10. The number of ether oxygens (including phenoxy) is 1. The summed E-state index contributed by atoms with van der Waals surface area (Å²) >= 11 is 0. The van der Waals surface area contributed by atoms with Gasteiger partial charge in [0, 0.05) is 57.1 Å². The molecule has 1 aromatic heterocycles. The van der Waals surface area contributed by atoms with Crippen LogP contribution in [0.4, 0.5) is 0 Å². The highest BCUT2D eigenvalue weighted by Crippen LogP contribution is 2.50. The van der Waals surface area contributed by atoms with Gasteiger partial charge in [-0.05, 0) is 12.8 Å². The van der Waals surface area contributed by atoms with Crippen LogP contribution in [0.5, 0.6) is 0 Å². The number of aryl methyl sites for hydroxylation is 1. The zero-order chi connectivity index (χ0) is 19.9. The Morgan fingerprint density at radius 2 is 1.86 bits per heavy atom. The lowest BCUT2D eigenvalue weighted by molar-refractivity contribution is -0.156. The van der Waals surface area contributed by atoms with E-state index < -0.39 is 0 Å². The highest BCUT2D eigenvalue weighted by Gasteiger charge is 2.59. The normalized spacial score (nSPS) is 25.8. The van der Waals surface area contributed by atoms with Gasteiger partial charge in [-0.25, -0.2) is 0 Å².